The molecule has 1 unspecified atom stereocenters. The SMILES string of the molecule is COC(=O)C(C)CN(C(=O)CCCOc1ccc(Cl)cc1Cl)C1CC1. The van der Waals surface area contributed by atoms with Crippen molar-refractivity contribution in [3.05, 3.63) is 28.2 Å². The van der Waals surface area contributed by atoms with Crippen LogP contribution in [0.2, 0.25) is 10.0 Å². The summed E-state index contributed by atoms with van der Waals surface area (Å²) in [5.41, 5.74) is 0. The molecule has 0 spiro atoms. The van der Waals surface area contributed by atoms with Gasteiger partial charge in [0.05, 0.1) is 24.7 Å². The predicted octanol–water partition coefficient (Wildman–Crippen LogP) is 3.95. The first-order valence-corrected chi connectivity index (χ1v) is 9.13. The lowest BCUT2D eigenvalue weighted by Gasteiger charge is -2.25. The van der Waals surface area contributed by atoms with Crippen molar-refractivity contribution in [2.45, 2.75) is 38.6 Å². The van der Waals surface area contributed by atoms with E-state index in [1.54, 1.807) is 30.0 Å². The van der Waals surface area contributed by atoms with Crippen LogP contribution >= 0.6 is 23.2 Å². The highest BCUT2D eigenvalue weighted by Gasteiger charge is 2.34. The summed E-state index contributed by atoms with van der Waals surface area (Å²) >= 11 is 11.9. The molecule has 0 radical (unpaired) electrons. The summed E-state index contributed by atoms with van der Waals surface area (Å²) in [7, 11) is 1.36. The lowest BCUT2D eigenvalue weighted by molar-refractivity contribution is -0.146. The fourth-order valence-corrected chi connectivity index (χ4v) is 3.02. The van der Waals surface area contributed by atoms with Gasteiger partial charge in [0, 0.05) is 24.0 Å². The summed E-state index contributed by atoms with van der Waals surface area (Å²) in [6.07, 6.45) is 2.94. The molecule has 1 fully saturated rings. The third-order valence-corrected chi connectivity index (χ3v) is 4.60. The summed E-state index contributed by atoms with van der Waals surface area (Å²) in [5, 5.41) is 0.998. The number of nitrogens with zero attached hydrogens (tertiary/aromatic N) is 1. The number of esters is 1. The molecule has 0 aliphatic heterocycles. The molecule has 0 bridgehead atoms. The molecule has 0 N–H and O–H groups in total. The van der Waals surface area contributed by atoms with Crippen LogP contribution < -0.4 is 4.74 Å². The second-order valence-corrected chi connectivity index (χ2v) is 7.07. The van der Waals surface area contributed by atoms with Gasteiger partial charge in [0.2, 0.25) is 5.91 Å². The zero-order valence-corrected chi connectivity index (χ0v) is 16.0. The van der Waals surface area contributed by atoms with E-state index in [0.717, 1.165) is 12.8 Å². The molecule has 1 amide bonds. The van der Waals surface area contributed by atoms with Crippen molar-refractivity contribution in [1.29, 1.82) is 0 Å². The maximum Gasteiger partial charge on any atom is 0.310 e. The topological polar surface area (TPSA) is 55.8 Å². The highest BCUT2D eigenvalue weighted by molar-refractivity contribution is 6.35. The van der Waals surface area contributed by atoms with E-state index in [4.69, 9.17) is 32.7 Å². The summed E-state index contributed by atoms with van der Waals surface area (Å²) in [6.45, 7) is 2.57. The van der Waals surface area contributed by atoms with Crippen molar-refractivity contribution in [3.8, 4) is 5.75 Å². The molecule has 0 saturated heterocycles. The van der Waals surface area contributed by atoms with E-state index < -0.39 is 0 Å². The summed E-state index contributed by atoms with van der Waals surface area (Å²) in [5.74, 6) is -0.0150. The molecule has 1 aromatic rings. The fourth-order valence-electron chi connectivity index (χ4n) is 2.55. The number of hydrogen-bond acceptors (Lipinski definition) is 4. The van der Waals surface area contributed by atoms with Crippen molar-refractivity contribution in [1.82, 2.24) is 4.90 Å². The summed E-state index contributed by atoms with van der Waals surface area (Å²) in [4.78, 5) is 25.9. The average molecular weight is 388 g/mol. The molecule has 1 aliphatic carbocycles. The maximum absolute atomic E-state index is 12.5. The minimum absolute atomic E-state index is 0.0454. The van der Waals surface area contributed by atoms with Gasteiger partial charge in [-0.15, -0.1) is 0 Å². The van der Waals surface area contributed by atoms with Crippen LogP contribution in [0.15, 0.2) is 18.2 Å². The molecular formula is C18H23Cl2NO4. The fraction of sp³-hybridized carbons (Fsp3) is 0.556. The number of rotatable bonds is 9. The monoisotopic (exact) mass is 387 g/mol. The Labute approximate surface area is 158 Å². The van der Waals surface area contributed by atoms with E-state index >= 15 is 0 Å². The molecular weight excluding hydrogens is 365 g/mol. The Morgan fingerprint density at radius 2 is 2.04 bits per heavy atom. The number of hydrogen-bond donors (Lipinski definition) is 0. The highest BCUT2D eigenvalue weighted by atomic mass is 35.5. The molecule has 0 heterocycles. The number of benzene rings is 1. The molecule has 2 rings (SSSR count). The first-order valence-electron chi connectivity index (χ1n) is 8.37. The smallest absolute Gasteiger partial charge is 0.310 e. The predicted molar refractivity (Wildman–Crippen MR) is 97.1 cm³/mol. The molecule has 1 aliphatic rings. The first kappa shape index (κ1) is 19.9. The molecule has 1 saturated carbocycles. The van der Waals surface area contributed by atoms with Crippen LogP contribution in [-0.2, 0) is 14.3 Å². The molecule has 1 atom stereocenters. The Hall–Kier alpha value is -1.46. The number of carbonyl (C=O) groups is 2. The van der Waals surface area contributed by atoms with Crippen LogP contribution in [0.3, 0.4) is 0 Å². The van der Waals surface area contributed by atoms with E-state index in [-0.39, 0.29) is 23.8 Å². The van der Waals surface area contributed by atoms with E-state index in [9.17, 15) is 9.59 Å². The molecule has 0 aromatic heterocycles. The first-order chi connectivity index (χ1) is 11.9. The number of carbonyl (C=O) groups excluding carboxylic acids is 2. The van der Waals surface area contributed by atoms with Gasteiger partial charge in [-0.05, 0) is 37.5 Å². The van der Waals surface area contributed by atoms with E-state index in [2.05, 4.69) is 0 Å². The maximum atomic E-state index is 12.5. The average Bonchev–Trinajstić information content (AvgIpc) is 3.41. The minimum Gasteiger partial charge on any atom is -0.492 e. The Morgan fingerprint density at radius 3 is 2.64 bits per heavy atom. The normalized spacial score (nSPS) is 14.7. The van der Waals surface area contributed by atoms with Gasteiger partial charge in [0.25, 0.3) is 0 Å². The van der Waals surface area contributed by atoms with Gasteiger partial charge in [0.1, 0.15) is 5.75 Å². The van der Waals surface area contributed by atoms with Crippen LogP contribution in [0.1, 0.15) is 32.6 Å². The molecule has 5 nitrogen and oxygen atoms in total. The second-order valence-electron chi connectivity index (χ2n) is 6.23. The van der Waals surface area contributed by atoms with Gasteiger partial charge in [-0.25, -0.2) is 0 Å². The standard InChI is InChI=1S/C18H23Cl2NO4/c1-12(18(23)24-2)11-21(14-6-7-14)17(22)4-3-9-25-16-8-5-13(19)10-15(16)20/h5,8,10,12,14H,3-4,6-7,9,11H2,1-2H3. The lowest BCUT2D eigenvalue weighted by atomic mass is 10.1. The van der Waals surface area contributed by atoms with E-state index in [1.165, 1.54) is 7.11 Å². The quantitative estimate of drug-likeness (QED) is 0.475. The molecule has 138 valence electrons. The Balaban J connectivity index is 1.78. The zero-order chi connectivity index (χ0) is 18.4. The minimum atomic E-state index is -0.321. The van der Waals surface area contributed by atoms with Gasteiger partial charge in [0.15, 0.2) is 0 Å². The number of ether oxygens (including phenoxy) is 2. The number of methoxy groups -OCH3 is 1. The molecule has 1 aromatic carbocycles. The van der Waals surface area contributed by atoms with Crippen LogP contribution in [0.25, 0.3) is 0 Å². The molecule has 7 heteroatoms. The van der Waals surface area contributed by atoms with E-state index in [1.807, 2.05) is 0 Å². The van der Waals surface area contributed by atoms with Crippen molar-refractivity contribution >= 4 is 35.1 Å². The Bertz CT molecular complexity index is 619. The third kappa shape index (κ3) is 6.08. The lowest BCUT2D eigenvalue weighted by Crippen LogP contribution is -2.38. The van der Waals surface area contributed by atoms with Crippen molar-refractivity contribution in [3.63, 3.8) is 0 Å². The van der Waals surface area contributed by atoms with Crippen LogP contribution in [0.5, 0.6) is 5.75 Å². The van der Waals surface area contributed by atoms with Crippen molar-refractivity contribution < 1.29 is 19.1 Å². The number of amides is 1. The largest absolute Gasteiger partial charge is 0.492 e. The Morgan fingerprint density at radius 1 is 1.32 bits per heavy atom. The summed E-state index contributed by atoms with van der Waals surface area (Å²) in [6, 6.07) is 5.29. The van der Waals surface area contributed by atoms with Gasteiger partial charge < -0.3 is 14.4 Å². The van der Waals surface area contributed by atoms with Gasteiger partial charge in [-0.3, -0.25) is 9.59 Å². The molecule has 25 heavy (non-hydrogen) atoms. The van der Waals surface area contributed by atoms with Crippen LogP contribution in [0.4, 0.5) is 0 Å². The van der Waals surface area contributed by atoms with Gasteiger partial charge in [-0.2, -0.15) is 0 Å². The third-order valence-electron chi connectivity index (χ3n) is 4.07. The van der Waals surface area contributed by atoms with Crippen LogP contribution in [0, 0.1) is 5.92 Å². The van der Waals surface area contributed by atoms with E-state index in [0.29, 0.717) is 41.8 Å². The number of halogens is 2. The van der Waals surface area contributed by atoms with Gasteiger partial charge >= 0.3 is 5.97 Å². The highest BCUT2D eigenvalue weighted by Crippen LogP contribution is 2.29. The van der Waals surface area contributed by atoms with Crippen molar-refractivity contribution in [2.75, 3.05) is 20.3 Å². The summed E-state index contributed by atoms with van der Waals surface area (Å²) < 4.78 is 10.3. The zero-order valence-electron chi connectivity index (χ0n) is 14.5. The van der Waals surface area contributed by atoms with Crippen molar-refractivity contribution in [2.24, 2.45) is 5.92 Å². The Kier molecular flexibility index (Phi) is 7.38. The van der Waals surface area contributed by atoms with Gasteiger partial charge in [-0.1, -0.05) is 30.1 Å². The second kappa shape index (κ2) is 9.30. The van der Waals surface area contributed by atoms with Crippen LogP contribution in [-0.4, -0.2) is 43.1 Å².